The van der Waals surface area contributed by atoms with Gasteiger partial charge < -0.3 is 0 Å². The van der Waals surface area contributed by atoms with E-state index in [0.717, 1.165) is 18.1 Å². The summed E-state index contributed by atoms with van der Waals surface area (Å²) in [5.41, 5.74) is 0. The summed E-state index contributed by atoms with van der Waals surface area (Å²) in [6, 6.07) is 0.530. The number of hydrogen-bond donors (Lipinski definition) is 0. The third-order valence-electron chi connectivity index (χ3n) is 2.24. The second kappa shape index (κ2) is 5.54. The van der Waals surface area contributed by atoms with Crippen molar-refractivity contribution in [3.05, 3.63) is 0 Å². The van der Waals surface area contributed by atoms with Crippen LogP contribution in [0.1, 0.15) is 13.3 Å². The molecule has 1 aliphatic heterocycles. The standard InChI is InChI=1S/C8H16INOS/c1-8-7-12(11)6-5-10(8)4-2-3-9/h8H,2-7H2,1H3. The van der Waals surface area contributed by atoms with Crippen LogP contribution in [0.3, 0.4) is 0 Å². The van der Waals surface area contributed by atoms with Crippen LogP contribution in [-0.4, -0.2) is 44.2 Å². The Bertz CT molecular complexity index is 165. The normalized spacial score (nSPS) is 32.2. The molecule has 0 aromatic carbocycles. The summed E-state index contributed by atoms with van der Waals surface area (Å²) >= 11 is 2.41. The maximum atomic E-state index is 11.2. The van der Waals surface area contributed by atoms with Crippen LogP contribution in [-0.2, 0) is 10.8 Å². The van der Waals surface area contributed by atoms with Crippen molar-refractivity contribution in [3.63, 3.8) is 0 Å². The summed E-state index contributed by atoms with van der Waals surface area (Å²) in [6.07, 6.45) is 1.26. The molecule has 0 aliphatic carbocycles. The van der Waals surface area contributed by atoms with Crippen molar-refractivity contribution in [2.75, 3.05) is 29.0 Å². The van der Waals surface area contributed by atoms with Gasteiger partial charge in [0.2, 0.25) is 0 Å². The van der Waals surface area contributed by atoms with Gasteiger partial charge in [-0.25, -0.2) is 0 Å². The smallest absolute Gasteiger partial charge is 0.0388 e. The summed E-state index contributed by atoms with van der Waals surface area (Å²) in [5.74, 6) is 1.76. The maximum Gasteiger partial charge on any atom is 0.0388 e. The molecular formula is C8H16INOS. The van der Waals surface area contributed by atoms with Gasteiger partial charge in [0.15, 0.2) is 0 Å². The number of rotatable bonds is 3. The fourth-order valence-corrected chi connectivity index (χ4v) is 3.19. The highest BCUT2D eigenvalue weighted by Crippen LogP contribution is 2.09. The minimum Gasteiger partial charge on any atom is -0.299 e. The first kappa shape index (κ1) is 10.9. The first-order chi connectivity index (χ1) is 5.74. The summed E-state index contributed by atoms with van der Waals surface area (Å²) in [6.45, 7) is 4.40. The van der Waals surface area contributed by atoms with E-state index in [1.807, 2.05) is 0 Å². The van der Waals surface area contributed by atoms with E-state index in [0.29, 0.717) is 6.04 Å². The van der Waals surface area contributed by atoms with Gasteiger partial charge in [0, 0.05) is 39.3 Å². The molecule has 2 unspecified atom stereocenters. The predicted molar refractivity (Wildman–Crippen MR) is 62.4 cm³/mol. The lowest BCUT2D eigenvalue weighted by Gasteiger charge is -2.32. The van der Waals surface area contributed by atoms with E-state index in [2.05, 4.69) is 34.4 Å². The van der Waals surface area contributed by atoms with E-state index in [1.54, 1.807) is 0 Å². The zero-order chi connectivity index (χ0) is 8.97. The average molecular weight is 301 g/mol. The van der Waals surface area contributed by atoms with Crippen LogP contribution >= 0.6 is 22.6 Å². The number of halogens is 1. The lowest BCUT2D eigenvalue weighted by Crippen LogP contribution is -2.45. The molecule has 72 valence electrons. The van der Waals surface area contributed by atoms with Crippen molar-refractivity contribution in [1.29, 1.82) is 0 Å². The molecule has 0 N–H and O–H groups in total. The van der Waals surface area contributed by atoms with E-state index in [4.69, 9.17) is 0 Å². The summed E-state index contributed by atoms with van der Waals surface area (Å²) in [7, 11) is -0.540. The molecule has 0 amide bonds. The SMILES string of the molecule is CC1CS(=O)CCN1CCCI. The van der Waals surface area contributed by atoms with E-state index in [1.165, 1.54) is 17.4 Å². The van der Waals surface area contributed by atoms with Crippen molar-refractivity contribution >= 4 is 33.4 Å². The van der Waals surface area contributed by atoms with Gasteiger partial charge in [0.1, 0.15) is 0 Å². The Labute approximate surface area is 90.7 Å². The molecule has 0 spiro atoms. The topological polar surface area (TPSA) is 20.3 Å². The Morgan fingerprint density at radius 3 is 3.00 bits per heavy atom. The molecule has 1 rings (SSSR count). The van der Waals surface area contributed by atoms with Crippen LogP contribution in [0, 0.1) is 0 Å². The van der Waals surface area contributed by atoms with Gasteiger partial charge in [-0.2, -0.15) is 0 Å². The molecule has 1 aliphatic rings. The number of hydrogen-bond acceptors (Lipinski definition) is 2. The van der Waals surface area contributed by atoms with Crippen molar-refractivity contribution in [2.24, 2.45) is 0 Å². The second-order valence-electron chi connectivity index (χ2n) is 3.24. The van der Waals surface area contributed by atoms with Gasteiger partial charge in [-0.1, -0.05) is 22.6 Å². The largest absolute Gasteiger partial charge is 0.299 e. The molecule has 0 radical (unpaired) electrons. The summed E-state index contributed by atoms with van der Waals surface area (Å²) < 4.78 is 12.4. The first-order valence-corrected chi connectivity index (χ1v) is 7.40. The Morgan fingerprint density at radius 1 is 1.67 bits per heavy atom. The monoisotopic (exact) mass is 301 g/mol. The van der Waals surface area contributed by atoms with Crippen molar-refractivity contribution < 1.29 is 4.21 Å². The Morgan fingerprint density at radius 2 is 2.42 bits per heavy atom. The highest BCUT2D eigenvalue weighted by molar-refractivity contribution is 14.1. The molecule has 0 aromatic rings. The lowest BCUT2D eigenvalue weighted by molar-refractivity contribution is 0.231. The zero-order valence-electron chi connectivity index (χ0n) is 7.46. The van der Waals surface area contributed by atoms with E-state index in [-0.39, 0.29) is 0 Å². The second-order valence-corrected chi connectivity index (χ2v) is 5.94. The van der Waals surface area contributed by atoms with Crippen molar-refractivity contribution in [1.82, 2.24) is 4.90 Å². The van der Waals surface area contributed by atoms with Gasteiger partial charge in [0.25, 0.3) is 0 Å². The number of nitrogens with zero attached hydrogens (tertiary/aromatic N) is 1. The fraction of sp³-hybridized carbons (Fsp3) is 1.00. The Kier molecular flexibility index (Phi) is 5.04. The van der Waals surface area contributed by atoms with E-state index in [9.17, 15) is 4.21 Å². The quantitative estimate of drug-likeness (QED) is 0.578. The lowest BCUT2D eigenvalue weighted by atomic mass is 10.3. The van der Waals surface area contributed by atoms with Crippen LogP contribution in [0.5, 0.6) is 0 Å². The van der Waals surface area contributed by atoms with Gasteiger partial charge in [-0.05, 0) is 19.9 Å². The minimum absolute atomic E-state index is 0.530. The molecule has 0 bridgehead atoms. The van der Waals surface area contributed by atoms with E-state index >= 15 is 0 Å². The maximum absolute atomic E-state index is 11.2. The van der Waals surface area contributed by atoms with Gasteiger partial charge in [-0.3, -0.25) is 9.11 Å². The van der Waals surface area contributed by atoms with Crippen LogP contribution in [0.15, 0.2) is 0 Å². The Balaban J connectivity index is 2.29. The third kappa shape index (κ3) is 3.30. The van der Waals surface area contributed by atoms with Crippen LogP contribution in [0.2, 0.25) is 0 Å². The molecule has 0 aromatic heterocycles. The van der Waals surface area contributed by atoms with E-state index < -0.39 is 10.8 Å². The summed E-state index contributed by atoms with van der Waals surface area (Å²) in [5, 5.41) is 0. The molecule has 0 saturated carbocycles. The van der Waals surface area contributed by atoms with Crippen LogP contribution in [0.25, 0.3) is 0 Å². The molecule has 4 heteroatoms. The minimum atomic E-state index is -0.540. The van der Waals surface area contributed by atoms with Crippen molar-refractivity contribution in [3.8, 4) is 0 Å². The predicted octanol–water partition coefficient (Wildman–Crippen LogP) is 1.26. The highest BCUT2D eigenvalue weighted by Gasteiger charge is 2.21. The molecule has 2 atom stereocenters. The van der Waals surface area contributed by atoms with Crippen LogP contribution in [0.4, 0.5) is 0 Å². The first-order valence-electron chi connectivity index (χ1n) is 4.39. The van der Waals surface area contributed by atoms with Gasteiger partial charge >= 0.3 is 0 Å². The average Bonchev–Trinajstić information content (AvgIpc) is 2.03. The number of alkyl halides is 1. The zero-order valence-corrected chi connectivity index (χ0v) is 10.4. The molecule has 1 saturated heterocycles. The van der Waals surface area contributed by atoms with Crippen molar-refractivity contribution in [2.45, 2.75) is 19.4 Å². The Hall–Kier alpha value is 0.840. The third-order valence-corrected chi connectivity index (χ3v) is 4.49. The molecule has 1 heterocycles. The molecular weight excluding hydrogens is 285 g/mol. The van der Waals surface area contributed by atoms with Gasteiger partial charge in [0.05, 0.1) is 0 Å². The molecule has 2 nitrogen and oxygen atoms in total. The van der Waals surface area contributed by atoms with Crippen LogP contribution < -0.4 is 0 Å². The van der Waals surface area contributed by atoms with Gasteiger partial charge in [-0.15, -0.1) is 0 Å². The molecule has 1 fully saturated rings. The molecule has 12 heavy (non-hydrogen) atoms. The highest BCUT2D eigenvalue weighted by atomic mass is 127. The summed E-state index contributed by atoms with van der Waals surface area (Å²) in [4.78, 5) is 2.46. The fourth-order valence-electron chi connectivity index (χ4n) is 1.49.